The molecule has 4 nitrogen and oxygen atoms in total. The van der Waals surface area contributed by atoms with Gasteiger partial charge in [0.2, 0.25) is 0 Å². The topological polar surface area (TPSA) is 37.6 Å². The predicted molar refractivity (Wildman–Crippen MR) is 81.8 cm³/mol. The third-order valence-corrected chi connectivity index (χ3v) is 3.70. The fourth-order valence-electron chi connectivity index (χ4n) is 2.12. The van der Waals surface area contributed by atoms with E-state index in [-0.39, 0.29) is 5.91 Å². The summed E-state index contributed by atoms with van der Waals surface area (Å²) in [4.78, 5) is 18.6. The number of carbonyl (C=O) groups excluding carboxylic acids is 1. The number of carbonyl (C=O) groups is 1. The highest BCUT2D eigenvalue weighted by molar-refractivity contribution is 6.36. The molecule has 0 aliphatic heterocycles. The van der Waals surface area contributed by atoms with E-state index in [9.17, 15) is 4.79 Å². The van der Waals surface area contributed by atoms with Gasteiger partial charge in [-0.2, -0.15) is 0 Å². The molecule has 0 unspecified atom stereocenters. The Hall–Kier alpha value is -1.26. The molecule has 0 bridgehead atoms. The molecule has 0 aliphatic carbocycles. The maximum absolute atomic E-state index is 12.5. The zero-order valence-electron chi connectivity index (χ0n) is 11.8. The van der Waals surface area contributed by atoms with Gasteiger partial charge in [0.25, 0.3) is 5.91 Å². The van der Waals surface area contributed by atoms with Crippen LogP contribution in [0.15, 0.2) is 12.3 Å². The lowest BCUT2D eigenvalue weighted by Crippen LogP contribution is -2.29. The summed E-state index contributed by atoms with van der Waals surface area (Å²) in [6.45, 7) is 4.62. The highest BCUT2D eigenvalue weighted by Crippen LogP contribution is 2.24. The van der Waals surface area contributed by atoms with E-state index in [1.165, 1.54) is 0 Å². The van der Waals surface area contributed by atoms with Gasteiger partial charge < -0.3 is 4.90 Å². The summed E-state index contributed by atoms with van der Waals surface area (Å²) in [6, 6.07) is 1.62. The Morgan fingerprint density at radius 1 is 1.45 bits per heavy atom. The minimum atomic E-state index is -0.0678. The van der Waals surface area contributed by atoms with E-state index in [0.717, 1.165) is 19.4 Å². The molecule has 20 heavy (non-hydrogen) atoms. The number of pyridine rings is 1. The first-order chi connectivity index (χ1) is 9.45. The van der Waals surface area contributed by atoms with Crippen LogP contribution in [0.25, 0.3) is 5.65 Å². The highest BCUT2D eigenvalue weighted by Gasteiger charge is 2.21. The Kier molecular flexibility index (Phi) is 4.55. The second-order valence-corrected chi connectivity index (χ2v) is 5.67. The minimum absolute atomic E-state index is 0.0678. The second-order valence-electron chi connectivity index (χ2n) is 4.83. The van der Waals surface area contributed by atoms with Crippen LogP contribution in [0, 0.1) is 6.92 Å². The third kappa shape index (κ3) is 2.76. The summed E-state index contributed by atoms with van der Waals surface area (Å²) in [6.07, 6.45) is 3.69. The smallest absolute Gasteiger partial charge is 0.272 e. The number of rotatable bonds is 4. The number of nitrogens with zero attached hydrogens (tertiary/aromatic N) is 3. The van der Waals surface area contributed by atoms with Gasteiger partial charge in [-0.1, -0.05) is 36.5 Å². The maximum Gasteiger partial charge on any atom is 0.272 e. The Labute approximate surface area is 128 Å². The van der Waals surface area contributed by atoms with E-state index in [2.05, 4.69) is 11.9 Å². The van der Waals surface area contributed by atoms with Gasteiger partial charge in [-0.25, -0.2) is 4.98 Å². The van der Waals surface area contributed by atoms with Crippen LogP contribution in [-0.4, -0.2) is 33.8 Å². The van der Waals surface area contributed by atoms with Gasteiger partial charge in [-0.15, -0.1) is 0 Å². The van der Waals surface area contributed by atoms with Crippen LogP contribution in [0.5, 0.6) is 0 Å². The van der Waals surface area contributed by atoms with E-state index in [1.54, 1.807) is 35.5 Å². The van der Waals surface area contributed by atoms with E-state index in [0.29, 0.717) is 27.1 Å². The van der Waals surface area contributed by atoms with Gasteiger partial charge in [-0.05, 0) is 19.4 Å². The maximum atomic E-state index is 12.5. The lowest BCUT2D eigenvalue weighted by Gasteiger charge is -2.17. The molecule has 0 saturated heterocycles. The normalized spacial score (nSPS) is 11.1. The van der Waals surface area contributed by atoms with Crippen molar-refractivity contribution < 1.29 is 4.79 Å². The van der Waals surface area contributed by atoms with Crippen molar-refractivity contribution in [3.05, 3.63) is 33.7 Å². The van der Waals surface area contributed by atoms with Gasteiger partial charge in [0.1, 0.15) is 5.69 Å². The summed E-state index contributed by atoms with van der Waals surface area (Å²) in [5.41, 5.74) is 1.73. The molecule has 2 rings (SSSR count). The first-order valence-electron chi connectivity index (χ1n) is 6.54. The largest absolute Gasteiger partial charge is 0.340 e. The molecule has 0 fully saturated rings. The van der Waals surface area contributed by atoms with E-state index in [4.69, 9.17) is 23.2 Å². The van der Waals surface area contributed by atoms with Crippen LogP contribution in [0.2, 0.25) is 10.0 Å². The zero-order valence-corrected chi connectivity index (χ0v) is 13.3. The number of aryl methyl sites for hydroxylation is 1. The molecule has 108 valence electrons. The number of imidazole rings is 1. The summed E-state index contributed by atoms with van der Waals surface area (Å²) in [5.74, 6) is -0.0678. The van der Waals surface area contributed by atoms with Crippen molar-refractivity contribution in [2.75, 3.05) is 13.6 Å². The summed E-state index contributed by atoms with van der Waals surface area (Å²) < 4.78 is 1.67. The molecule has 1 amide bonds. The lowest BCUT2D eigenvalue weighted by atomic mass is 10.2. The van der Waals surface area contributed by atoms with Crippen LogP contribution in [0.1, 0.15) is 35.9 Å². The predicted octanol–water partition coefficient (Wildman–Crippen LogP) is 3.82. The lowest BCUT2D eigenvalue weighted by molar-refractivity contribution is 0.0785. The van der Waals surface area contributed by atoms with Crippen LogP contribution in [-0.2, 0) is 0 Å². The first kappa shape index (κ1) is 15.1. The van der Waals surface area contributed by atoms with E-state index in [1.807, 2.05) is 0 Å². The van der Waals surface area contributed by atoms with Gasteiger partial charge >= 0.3 is 0 Å². The number of halogens is 2. The molecule has 0 saturated carbocycles. The van der Waals surface area contributed by atoms with Crippen LogP contribution in [0.3, 0.4) is 0 Å². The zero-order chi connectivity index (χ0) is 14.9. The first-order valence-corrected chi connectivity index (χ1v) is 7.30. The van der Waals surface area contributed by atoms with Crippen molar-refractivity contribution in [3.63, 3.8) is 0 Å². The fraction of sp³-hybridized carbons (Fsp3) is 0.429. The van der Waals surface area contributed by atoms with Crippen molar-refractivity contribution in [3.8, 4) is 0 Å². The molecular formula is C14H17Cl2N3O. The van der Waals surface area contributed by atoms with E-state index >= 15 is 0 Å². The number of aromatic nitrogens is 2. The van der Waals surface area contributed by atoms with Crippen molar-refractivity contribution in [1.82, 2.24) is 14.3 Å². The van der Waals surface area contributed by atoms with Crippen LogP contribution < -0.4 is 0 Å². The average Bonchev–Trinajstić information content (AvgIpc) is 2.71. The molecule has 2 heterocycles. The SMILES string of the molecule is CCCCN(C)C(=O)c1c(C)nc2c(Cl)cc(Cl)cn12. The molecule has 6 heteroatoms. The van der Waals surface area contributed by atoms with Gasteiger partial charge in [0.05, 0.1) is 15.7 Å². The summed E-state index contributed by atoms with van der Waals surface area (Å²) in [5, 5.41) is 0.918. The second kappa shape index (κ2) is 6.02. The monoisotopic (exact) mass is 313 g/mol. The number of fused-ring (bicyclic) bond motifs is 1. The Bertz CT molecular complexity index is 651. The van der Waals surface area contributed by atoms with Crippen molar-refractivity contribution in [2.24, 2.45) is 0 Å². The molecule has 2 aromatic heterocycles. The number of hydrogen-bond donors (Lipinski definition) is 0. The van der Waals surface area contributed by atoms with Crippen molar-refractivity contribution in [1.29, 1.82) is 0 Å². The molecule has 0 atom stereocenters. The van der Waals surface area contributed by atoms with Crippen LogP contribution in [0.4, 0.5) is 0 Å². The standard InChI is InChI=1S/C14H17Cl2N3O/c1-4-5-6-18(3)14(20)12-9(2)17-13-11(16)7-10(15)8-19(12)13/h7-8H,4-6H2,1-3H3. The van der Waals surface area contributed by atoms with Gasteiger partial charge in [0.15, 0.2) is 5.65 Å². The third-order valence-electron chi connectivity index (χ3n) is 3.21. The molecule has 0 aliphatic rings. The molecule has 0 aromatic carbocycles. The molecule has 2 aromatic rings. The molecule has 0 radical (unpaired) electrons. The Balaban J connectivity index is 2.48. The average molecular weight is 314 g/mol. The molecule has 0 N–H and O–H groups in total. The van der Waals surface area contributed by atoms with Gasteiger partial charge in [-0.3, -0.25) is 9.20 Å². The van der Waals surface area contributed by atoms with Crippen LogP contribution >= 0.6 is 23.2 Å². The molecule has 0 spiro atoms. The fourth-order valence-corrected chi connectivity index (χ4v) is 2.64. The number of unbranched alkanes of at least 4 members (excludes halogenated alkanes) is 1. The Morgan fingerprint density at radius 2 is 2.15 bits per heavy atom. The summed E-state index contributed by atoms with van der Waals surface area (Å²) in [7, 11) is 1.79. The van der Waals surface area contributed by atoms with E-state index < -0.39 is 0 Å². The Morgan fingerprint density at radius 3 is 2.80 bits per heavy atom. The van der Waals surface area contributed by atoms with Crippen molar-refractivity contribution >= 4 is 34.8 Å². The van der Waals surface area contributed by atoms with Crippen molar-refractivity contribution in [2.45, 2.75) is 26.7 Å². The minimum Gasteiger partial charge on any atom is -0.340 e. The summed E-state index contributed by atoms with van der Waals surface area (Å²) >= 11 is 12.1. The van der Waals surface area contributed by atoms with Gasteiger partial charge in [0, 0.05) is 19.8 Å². The highest BCUT2D eigenvalue weighted by atomic mass is 35.5. The number of amides is 1. The number of hydrogen-bond acceptors (Lipinski definition) is 2. The molecular weight excluding hydrogens is 297 g/mol. The quantitative estimate of drug-likeness (QED) is 0.860.